The fraction of sp³-hybridized carbons (Fsp3) is 0.789. The van der Waals surface area contributed by atoms with E-state index in [-0.39, 0.29) is 24.4 Å². The Hall–Kier alpha value is -1.07. The van der Waals surface area contributed by atoms with Gasteiger partial charge in [0, 0.05) is 38.3 Å². The molecule has 1 amide bonds. The highest BCUT2D eigenvalue weighted by Crippen LogP contribution is 2.17. The van der Waals surface area contributed by atoms with Crippen molar-refractivity contribution in [2.75, 3.05) is 13.6 Å². The molecule has 5 nitrogen and oxygen atoms in total. The van der Waals surface area contributed by atoms with Crippen molar-refractivity contribution in [3.05, 3.63) is 17.0 Å². The first-order valence-corrected chi connectivity index (χ1v) is 9.15. The van der Waals surface area contributed by atoms with E-state index in [1.54, 1.807) is 0 Å². The highest BCUT2D eigenvalue weighted by Gasteiger charge is 2.16. The molecule has 0 fully saturated rings. The Balaban J connectivity index is 0.00000576. The Labute approximate surface area is 159 Å². The van der Waals surface area contributed by atoms with E-state index in [4.69, 9.17) is 5.73 Å². The zero-order valence-corrected chi connectivity index (χ0v) is 17.8. The van der Waals surface area contributed by atoms with E-state index in [0.29, 0.717) is 18.3 Å². The predicted molar refractivity (Wildman–Crippen MR) is 107 cm³/mol. The molecule has 0 bridgehead atoms. The monoisotopic (exact) mass is 372 g/mol. The summed E-state index contributed by atoms with van der Waals surface area (Å²) >= 11 is 0. The van der Waals surface area contributed by atoms with Crippen LogP contribution in [0.15, 0.2) is 0 Å². The number of aryl methyl sites for hydroxylation is 1. The number of aromatic nitrogens is 2. The van der Waals surface area contributed by atoms with Crippen molar-refractivity contribution in [1.29, 1.82) is 0 Å². The van der Waals surface area contributed by atoms with E-state index in [1.807, 2.05) is 18.9 Å². The first-order valence-electron chi connectivity index (χ1n) is 9.15. The number of rotatable bonds is 9. The summed E-state index contributed by atoms with van der Waals surface area (Å²) in [6.45, 7) is 14.4. The molecule has 1 unspecified atom stereocenters. The molecule has 0 radical (unpaired) electrons. The molecule has 1 aromatic rings. The van der Waals surface area contributed by atoms with Gasteiger partial charge in [0.05, 0.1) is 5.69 Å². The van der Waals surface area contributed by atoms with E-state index in [2.05, 4.69) is 44.4 Å². The van der Waals surface area contributed by atoms with Gasteiger partial charge >= 0.3 is 0 Å². The van der Waals surface area contributed by atoms with Gasteiger partial charge in [-0.05, 0) is 44.1 Å². The lowest BCUT2D eigenvalue weighted by Gasteiger charge is -2.21. The van der Waals surface area contributed by atoms with Crippen LogP contribution in [0.1, 0.15) is 57.5 Å². The van der Waals surface area contributed by atoms with Crippen molar-refractivity contribution in [1.82, 2.24) is 14.7 Å². The summed E-state index contributed by atoms with van der Waals surface area (Å²) in [7, 11) is 1.87. The second kappa shape index (κ2) is 10.8. The maximum atomic E-state index is 12.4. The van der Waals surface area contributed by atoms with E-state index < -0.39 is 0 Å². The van der Waals surface area contributed by atoms with E-state index >= 15 is 0 Å². The van der Waals surface area contributed by atoms with Crippen LogP contribution in [-0.2, 0) is 17.8 Å². The van der Waals surface area contributed by atoms with Gasteiger partial charge in [0.15, 0.2) is 0 Å². The highest BCUT2D eigenvalue weighted by atomic mass is 35.5. The Morgan fingerprint density at radius 1 is 1.24 bits per heavy atom. The third-order valence-electron chi connectivity index (χ3n) is 4.74. The Morgan fingerprint density at radius 2 is 1.84 bits per heavy atom. The molecule has 1 rings (SSSR count). The van der Waals surface area contributed by atoms with Gasteiger partial charge in [0.1, 0.15) is 0 Å². The molecule has 0 saturated heterocycles. The third kappa shape index (κ3) is 7.37. The van der Waals surface area contributed by atoms with Crippen molar-refractivity contribution in [2.45, 2.75) is 73.4 Å². The maximum Gasteiger partial charge on any atom is 0.222 e. The molecule has 1 heterocycles. The molecule has 0 aliphatic heterocycles. The first-order chi connectivity index (χ1) is 11.1. The second-order valence-electron chi connectivity index (χ2n) is 7.74. The SMILES string of the molecule is Cc1nn(CC(C)C)c(C)c1CCC(=O)N(C)CCC(N)C(C)C.Cl. The smallest absolute Gasteiger partial charge is 0.222 e. The van der Waals surface area contributed by atoms with Crippen LogP contribution in [0.3, 0.4) is 0 Å². The lowest BCUT2D eigenvalue weighted by Crippen LogP contribution is -2.34. The molecule has 1 aromatic heterocycles. The second-order valence-corrected chi connectivity index (χ2v) is 7.74. The normalized spacial score (nSPS) is 12.4. The lowest BCUT2D eigenvalue weighted by atomic mass is 10.0. The summed E-state index contributed by atoms with van der Waals surface area (Å²) in [5.41, 5.74) is 9.52. The topological polar surface area (TPSA) is 64.2 Å². The van der Waals surface area contributed by atoms with Gasteiger partial charge in [-0.2, -0.15) is 5.10 Å². The molecule has 25 heavy (non-hydrogen) atoms. The standard InChI is InChI=1S/C19H36N4O.ClH/c1-13(2)12-23-16(6)17(15(5)21-23)8-9-19(24)22(7)11-10-18(20)14(3)4;/h13-14,18H,8-12,20H2,1-7H3;1H. The van der Waals surface area contributed by atoms with Gasteiger partial charge in [-0.1, -0.05) is 27.7 Å². The van der Waals surface area contributed by atoms with E-state index in [1.165, 1.54) is 11.3 Å². The average Bonchev–Trinajstić information content (AvgIpc) is 2.75. The number of carbonyl (C=O) groups is 1. The zero-order valence-electron chi connectivity index (χ0n) is 17.0. The summed E-state index contributed by atoms with van der Waals surface area (Å²) in [6, 6.07) is 0.152. The quantitative estimate of drug-likeness (QED) is 0.722. The van der Waals surface area contributed by atoms with Crippen LogP contribution in [0.4, 0.5) is 0 Å². The predicted octanol–water partition coefficient (Wildman–Crippen LogP) is 3.34. The summed E-state index contributed by atoms with van der Waals surface area (Å²) in [5, 5.41) is 4.63. The lowest BCUT2D eigenvalue weighted by molar-refractivity contribution is -0.129. The van der Waals surface area contributed by atoms with E-state index in [9.17, 15) is 4.79 Å². The highest BCUT2D eigenvalue weighted by molar-refractivity contribution is 5.85. The molecule has 0 saturated carbocycles. The van der Waals surface area contributed by atoms with Crippen molar-refractivity contribution < 1.29 is 4.79 Å². The summed E-state index contributed by atoms with van der Waals surface area (Å²) in [4.78, 5) is 14.2. The number of nitrogens with two attached hydrogens (primary N) is 1. The van der Waals surface area contributed by atoms with Crippen LogP contribution in [0.2, 0.25) is 0 Å². The zero-order chi connectivity index (χ0) is 18.4. The molecule has 6 heteroatoms. The fourth-order valence-electron chi connectivity index (χ4n) is 2.84. The minimum absolute atomic E-state index is 0. The van der Waals surface area contributed by atoms with Gasteiger partial charge in [-0.3, -0.25) is 9.48 Å². The van der Waals surface area contributed by atoms with Crippen molar-refractivity contribution in [2.24, 2.45) is 17.6 Å². The first kappa shape index (κ1) is 23.9. The van der Waals surface area contributed by atoms with Crippen molar-refractivity contribution >= 4 is 18.3 Å². The van der Waals surface area contributed by atoms with E-state index in [0.717, 1.165) is 31.6 Å². The van der Waals surface area contributed by atoms with Gasteiger partial charge in [0.25, 0.3) is 0 Å². The number of amides is 1. The van der Waals surface area contributed by atoms with Crippen LogP contribution < -0.4 is 5.73 Å². The Kier molecular flexibility index (Phi) is 10.4. The molecule has 0 aliphatic carbocycles. The fourth-order valence-corrected chi connectivity index (χ4v) is 2.84. The summed E-state index contributed by atoms with van der Waals surface area (Å²) in [5.74, 6) is 1.20. The number of hydrogen-bond acceptors (Lipinski definition) is 3. The molecule has 146 valence electrons. The van der Waals surface area contributed by atoms with Crippen molar-refractivity contribution in [3.8, 4) is 0 Å². The van der Waals surface area contributed by atoms with Crippen LogP contribution in [-0.4, -0.2) is 40.2 Å². The van der Waals surface area contributed by atoms with Gasteiger partial charge < -0.3 is 10.6 Å². The van der Waals surface area contributed by atoms with Crippen LogP contribution in [0.5, 0.6) is 0 Å². The van der Waals surface area contributed by atoms with Crippen molar-refractivity contribution in [3.63, 3.8) is 0 Å². The summed E-state index contributed by atoms with van der Waals surface area (Å²) in [6.07, 6.45) is 2.14. The van der Waals surface area contributed by atoms with Crippen LogP contribution in [0.25, 0.3) is 0 Å². The maximum absolute atomic E-state index is 12.4. The molecular weight excluding hydrogens is 336 g/mol. The Morgan fingerprint density at radius 3 is 2.36 bits per heavy atom. The number of carbonyl (C=O) groups excluding carboxylic acids is 1. The average molecular weight is 373 g/mol. The van der Waals surface area contributed by atoms with Gasteiger partial charge in [0.2, 0.25) is 5.91 Å². The molecular formula is C19H37ClN4O. The van der Waals surface area contributed by atoms with Gasteiger partial charge in [-0.25, -0.2) is 0 Å². The van der Waals surface area contributed by atoms with Crippen LogP contribution >= 0.6 is 12.4 Å². The third-order valence-corrected chi connectivity index (χ3v) is 4.74. The molecule has 0 aromatic carbocycles. The molecule has 1 atom stereocenters. The molecule has 0 spiro atoms. The Bertz CT molecular complexity index is 540. The number of hydrogen-bond donors (Lipinski definition) is 1. The minimum Gasteiger partial charge on any atom is -0.346 e. The number of nitrogens with zero attached hydrogens (tertiary/aromatic N) is 3. The number of halogens is 1. The summed E-state index contributed by atoms with van der Waals surface area (Å²) < 4.78 is 2.07. The minimum atomic E-state index is 0. The van der Waals surface area contributed by atoms with Crippen LogP contribution in [0, 0.1) is 25.7 Å². The van der Waals surface area contributed by atoms with Gasteiger partial charge in [-0.15, -0.1) is 12.4 Å². The largest absolute Gasteiger partial charge is 0.346 e. The molecule has 2 N–H and O–H groups in total. The molecule has 0 aliphatic rings.